The number of rotatable bonds is 9. The molecule has 4 nitrogen and oxygen atoms in total. The Morgan fingerprint density at radius 3 is 2.83 bits per heavy atom. The number of aromatic nitrogens is 1. The molecule has 0 unspecified atom stereocenters. The van der Waals surface area contributed by atoms with Crippen molar-refractivity contribution in [2.75, 3.05) is 7.05 Å². The molecule has 0 saturated carbocycles. The van der Waals surface area contributed by atoms with Gasteiger partial charge in [0.15, 0.2) is 4.67 Å². The highest BCUT2D eigenvalue weighted by molar-refractivity contribution is 9.10. The van der Waals surface area contributed by atoms with Crippen molar-refractivity contribution in [1.29, 1.82) is 0 Å². The third-order valence-corrected chi connectivity index (χ3v) is 3.35. The van der Waals surface area contributed by atoms with E-state index in [1.54, 1.807) is 6.20 Å². The Bertz CT molecular complexity index is 366. The topological polar surface area (TPSA) is 55.1 Å². The van der Waals surface area contributed by atoms with Crippen LogP contribution in [0.25, 0.3) is 0 Å². The quantitative estimate of drug-likeness (QED) is 0.707. The SMILES string of the molecule is CCC(=O)CCCCC[C@H](NC)c1ncc(Br)o1. The summed E-state index contributed by atoms with van der Waals surface area (Å²) in [5, 5.41) is 3.20. The van der Waals surface area contributed by atoms with Gasteiger partial charge in [0.25, 0.3) is 0 Å². The molecule has 18 heavy (non-hydrogen) atoms. The number of ketones is 1. The molecule has 0 aromatic carbocycles. The molecule has 1 rings (SSSR count). The van der Waals surface area contributed by atoms with Gasteiger partial charge in [0.05, 0.1) is 12.2 Å². The highest BCUT2D eigenvalue weighted by atomic mass is 79.9. The number of carbonyl (C=O) groups is 1. The van der Waals surface area contributed by atoms with Crippen LogP contribution in [0, 0.1) is 0 Å². The van der Waals surface area contributed by atoms with Gasteiger partial charge in [-0.15, -0.1) is 0 Å². The van der Waals surface area contributed by atoms with Crippen LogP contribution in [0.5, 0.6) is 0 Å². The molecule has 1 aromatic rings. The lowest BCUT2D eigenvalue weighted by molar-refractivity contribution is -0.118. The summed E-state index contributed by atoms with van der Waals surface area (Å²) in [6.07, 6.45) is 7.14. The molecule has 5 heteroatoms. The molecule has 1 atom stereocenters. The zero-order chi connectivity index (χ0) is 13.4. The fourth-order valence-corrected chi connectivity index (χ4v) is 2.11. The number of Topliss-reactive ketones (excluding diaryl/α,β-unsaturated/α-hetero) is 1. The monoisotopic (exact) mass is 316 g/mol. The Morgan fingerprint density at radius 2 is 2.28 bits per heavy atom. The Hall–Kier alpha value is -0.680. The number of nitrogens with one attached hydrogen (secondary N) is 1. The molecule has 0 saturated heterocycles. The van der Waals surface area contributed by atoms with Gasteiger partial charge >= 0.3 is 0 Å². The Balaban J connectivity index is 2.22. The molecule has 1 heterocycles. The second-order valence-electron chi connectivity index (χ2n) is 4.34. The minimum atomic E-state index is 0.151. The highest BCUT2D eigenvalue weighted by Crippen LogP contribution is 2.21. The van der Waals surface area contributed by atoms with Crippen molar-refractivity contribution in [3.63, 3.8) is 0 Å². The van der Waals surface area contributed by atoms with E-state index in [2.05, 4.69) is 26.2 Å². The molecule has 1 aromatic heterocycles. The van der Waals surface area contributed by atoms with E-state index in [1.807, 2.05) is 14.0 Å². The fourth-order valence-electron chi connectivity index (χ4n) is 1.84. The van der Waals surface area contributed by atoms with Gasteiger partial charge in [-0.05, 0) is 35.8 Å². The van der Waals surface area contributed by atoms with Gasteiger partial charge in [-0.3, -0.25) is 4.79 Å². The first-order valence-corrected chi connectivity index (χ1v) is 7.26. The molecule has 0 bridgehead atoms. The summed E-state index contributed by atoms with van der Waals surface area (Å²) < 4.78 is 6.10. The van der Waals surface area contributed by atoms with Crippen LogP contribution in [0.15, 0.2) is 15.3 Å². The summed E-state index contributed by atoms with van der Waals surface area (Å²) in [5.74, 6) is 1.07. The largest absolute Gasteiger partial charge is 0.432 e. The third kappa shape index (κ3) is 5.31. The predicted molar refractivity (Wildman–Crippen MR) is 74.4 cm³/mol. The molecule has 0 amide bonds. The van der Waals surface area contributed by atoms with Gasteiger partial charge in [0, 0.05) is 12.8 Å². The van der Waals surface area contributed by atoms with Crippen molar-refractivity contribution in [2.45, 2.75) is 51.5 Å². The maximum absolute atomic E-state index is 11.1. The van der Waals surface area contributed by atoms with Crippen molar-refractivity contribution in [3.8, 4) is 0 Å². The molecule has 0 aliphatic carbocycles. The molecule has 102 valence electrons. The maximum atomic E-state index is 11.1. The minimum absolute atomic E-state index is 0.151. The van der Waals surface area contributed by atoms with Crippen LogP contribution in [0.3, 0.4) is 0 Å². The van der Waals surface area contributed by atoms with E-state index >= 15 is 0 Å². The van der Waals surface area contributed by atoms with Crippen LogP contribution in [-0.2, 0) is 4.79 Å². The molecule has 0 aliphatic rings. The average molecular weight is 317 g/mol. The predicted octanol–water partition coefficient (Wildman–Crippen LogP) is 3.63. The molecule has 0 radical (unpaired) electrons. The lowest BCUT2D eigenvalue weighted by atomic mass is 10.1. The second kappa shape index (κ2) is 8.43. The number of hydrogen-bond donors (Lipinski definition) is 1. The van der Waals surface area contributed by atoms with Gasteiger partial charge in [-0.1, -0.05) is 19.8 Å². The Kier molecular flexibility index (Phi) is 7.20. The van der Waals surface area contributed by atoms with E-state index in [9.17, 15) is 4.79 Å². The van der Waals surface area contributed by atoms with E-state index in [4.69, 9.17) is 4.42 Å². The molecule has 0 spiro atoms. The van der Waals surface area contributed by atoms with Crippen LogP contribution >= 0.6 is 15.9 Å². The Morgan fingerprint density at radius 1 is 1.50 bits per heavy atom. The van der Waals surface area contributed by atoms with Crippen molar-refractivity contribution < 1.29 is 9.21 Å². The van der Waals surface area contributed by atoms with E-state index in [0.717, 1.165) is 25.7 Å². The summed E-state index contributed by atoms with van der Waals surface area (Å²) in [7, 11) is 1.91. The van der Waals surface area contributed by atoms with Crippen LogP contribution in [0.1, 0.15) is 57.4 Å². The fraction of sp³-hybridized carbons (Fsp3) is 0.692. The molecular weight excluding hydrogens is 296 g/mol. The van der Waals surface area contributed by atoms with Crippen LogP contribution in [-0.4, -0.2) is 17.8 Å². The lowest BCUT2D eigenvalue weighted by Gasteiger charge is -2.11. The third-order valence-electron chi connectivity index (χ3n) is 2.98. The number of oxazole rings is 1. The van der Waals surface area contributed by atoms with Gasteiger partial charge in [0.1, 0.15) is 5.78 Å². The van der Waals surface area contributed by atoms with E-state index in [-0.39, 0.29) is 6.04 Å². The average Bonchev–Trinajstić information content (AvgIpc) is 2.80. The first kappa shape index (κ1) is 15.4. The molecule has 1 N–H and O–H groups in total. The highest BCUT2D eigenvalue weighted by Gasteiger charge is 2.14. The number of carbonyl (C=O) groups excluding carboxylic acids is 1. The van der Waals surface area contributed by atoms with Gasteiger partial charge in [0.2, 0.25) is 5.89 Å². The summed E-state index contributed by atoms with van der Waals surface area (Å²) >= 11 is 3.25. The number of unbranched alkanes of at least 4 members (excludes halogenated alkanes) is 2. The lowest BCUT2D eigenvalue weighted by Crippen LogP contribution is -2.16. The molecular formula is C13H21BrN2O2. The summed E-state index contributed by atoms with van der Waals surface area (Å²) in [5.41, 5.74) is 0. The van der Waals surface area contributed by atoms with Crippen molar-refractivity contribution in [2.24, 2.45) is 0 Å². The minimum Gasteiger partial charge on any atom is -0.432 e. The number of nitrogens with zero attached hydrogens (tertiary/aromatic N) is 1. The standard InChI is InChI=1S/C13H21BrN2O2/c1-3-10(17)7-5-4-6-8-11(15-2)13-16-9-12(14)18-13/h9,11,15H,3-8H2,1-2H3/t11-/m0/s1. The van der Waals surface area contributed by atoms with Crippen LogP contribution in [0.2, 0.25) is 0 Å². The van der Waals surface area contributed by atoms with Crippen molar-refractivity contribution in [1.82, 2.24) is 10.3 Å². The normalized spacial score (nSPS) is 12.6. The van der Waals surface area contributed by atoms with Crippen LogP contribution in [0.4, 0.5) is 0 Å². The number of halogens is 1. The van der Waals surface area contributed by atoms with Crippen molar-refractivity contribution in [3.05, 3.63) is 16.8 Å². The first-order chi connectivity index (χ1) is 8.67. The molecule has 0 aliphatic heterocycles. The summed E-state index contributed by atoms with van der Waals surface area (Å²) in [6, 6.07) is 0.151. The van der Waals surface area contributed by atoms with Crippen LogP contribution < -0.4 is 5.32 Å². The number of hydrogen-bond acceptors (Lipinski definition) is 4. The smallest absolute Gasteiger partial charge is 0.212 e. The second-order valence-corrected chi connectivity index (χ2v) is 5.12. The van der Waals surface area contributed by atoms with E-state index < -0.39 is 0 Å². The van der Waals surface area contributed by atoms with Crippen molar-refractivity contribution >= 4 is 21.7 Å². The van der Waals surface area contributed by atoms with Gasteiger partial charge < -0.3 is 9.73 Å². The summed E-state index contributed by atoms with van der Waals surface area (Å²) in [4.78, 5) is 15.3. The Labute approximate surface area is 117 Å². The van der Waals surface area contributed by atoms with Gasteiger partial charge in [-0.25, -0.2) is 4.98 Å². The zero-order valence-corrected chi connectivity index (χ0v) is 12.6. The van der Waals surface area contributed by atoms with E-state index in [1.165, 1.54) is 0 Å². The zero-order valence-electron chi connectivity index (χ0n) is 11.0. The van der Waals surface area contributed by atoms with E-state index in [0.29, 0.717) is 29.2 Å². The first-order valence-electron chi connectivity index (χ1n) is 6.47. The summed E-state index contributed by atoms with van der Waals surface area (Å²) in [6.45, 7) is 1.92. The maximum Gasteiger partial charge on any atom is 0.212 e. The van der Waals surface area contributed by atoms with Gasteiger partial charge in [-0.2, -0.15) is 0 Å². The molecule has 0 fully saturated rings.